The largest absolute Gasteiger partial charge is 0.472 e. The van der Waals surface area contributed by atoms with Crippen LogP contribution in [0.1, 0.15) is 117 Å². The first-order valence-corrected chi connectivity index (χ1v) is 19.5. The molecule has 1 fully saturated rings. The number of carbonyl (C=O) groups is 1. The van der Waals surface area contributed by atoms with Gasteiger partial charge in [-0.1, -0.05) is 95.2 Å². The normalized spacial score (nSPS) is 26.3. The number of aliphatic hydroxyl groups is 7. The lowest BCUT2D eigenvalue weighted by Gasteiger charge is -2.41. The maximum Gasteiger partial charge on any atom is 0.472 e. The van der Waals surface area contributed by atoms with Crippen molar-refractivity contribution < 1.29 is 59.0 Å². The molecule has 8 unspecified atom stereocenters. The molecule has 49 heavy (non-hydrogen) atoms. The molecule has 286 valence electrons. The fraction of sp³-hybridized carbons (Fsp3) is 0.800. The molecule has 1 saturated carbocycles. The van der Waals surface area contributed by atoms with Crippen LogP contribution in [0, 0.1) is 0 Å². The number of aliphatic hydroxyl groups excluding tert-OH is 7. The second kappa shape index (κ2) is 26.3. The average molecular weight is 722 g/mol. The summed E-state index contributed by atoms with van der Waals surface area (Å²) in [6, 6.07) is -1.26. The molecule has 0 saturated heterocycles. The third-order valence-electron chi connectivity index (χ3n) is 8.45. The molecule has 0 aromatic rings. The van der Waals surface area contributed by atoms with Gasteiger partial charge in [0.25, 0.3) is 0 Å². The quantitative estimate of drug-likeness (QED) is 0.0338. The van der Waals surface area contributed by atoms with Gasteiger partial charge in [-0.2, -0.15) is 0 Å². The topological polar surface area (TPSA) is 226 Å². The van der Waals surface area contributed by atoms with Gasteiger partial charge in [-0.3, -0.25) is 13.8 Å². The van der Waals surface area contributed by atoms with Crippen molar-refractivity contribution in [2.75, 3.05) is 6.61 Å². The average Bonchev–Trinajstić information content (AvgIpc) is 3.06. The Morgan fingerprint density at radius 2 is 1.22 bits per heavy atom. The summed E-state index contributed by atoms with van der Waals surface area (Å²) in [6.45, 7) is 3.56. The minimum absolute atomic E-state index is 0.269. The molecular weight excluding hydrogens is 657 g/mol. The van der Waals surface area contributed by atoms with Crippen LogP contribution in [0.5, 0.6) is 0 Å². The molecule has 1 amide bonds. The monoisotopic (exact) mass is 721 g/mol. The number of nitrogens with one attached hydrogen (secondary N) is 1. The summed E-state index contributed by atoms with van der Waals surface area (Å²) in [6.07, 6.45) is 11.5. The summed E-state index contributed by atoms with van der Waals surface area (Å²) >= 11 is 0. The number of rotatable bonds is 27. The third kappa shape index (κ3) is 19.6. The Morgan fingerprint density at radius 1 is 0.714 bits per heavy atom. The first kappa shape index (κ1) is 45.5. The summed E-state index contributed by atoms with van der Waals surface area (Å²) in [5.74, 6) is -0.623. The molecular formula is C35H64NO12P. The van der Waals surface area contributed by atoms with Crippen molar-refractivity contribution in [3.63, 3.8) is 0 Å². The van der Waals surface area contributed by atoms with E-state index in [4.69, 9.17) is 9.05 Å². The summed E-state index contributed by atoms with van der Waals surface area (Å²) in [5, 5.41) is 73.7. The number of allylic oxidation sites excluding steroid dienone is 5. The van der Waals surface area contributed by atoms with Gasteiger partial charge < -0.3 is 46.0 Å². The zero-order valence-corrected chi connectivity index (χ0v) is 30.2. The van der Waals surface area contributed by atoms with Crippen molar-refractivity contribution in [2.45, 2.75) is 171 Å². The first-order chi connectivity index (χ1) is 23.3. The van der Waals surface area contributed by atoms with Gasteiger partial charge in [-0.25, -0.2) is 4.57 Å². The van der Waals surface area contributed by atoms with E-state index in [1.54, 1.807) is 6.08 Å². The molecule has 0 aromatic carbocycles. The Hall–Kier alpha value is -1.48. The van der Waals surface area contributed by atoms with E-state index in [0.29, 0.717) is 19.3 Å². The van der Waals surface area contributed by atoms with Crippen molar-refractivity contribution in [3.8, 4) is 0 Å². The Morgan fingerprint density at radius 3 is 1.84 bits per heavy atom. The molecule has 0 bridgehead atoms. The van der Waals surface area contributed by atoms with Crippen LogP contribution >= 0.6 is 7.82 Å². The molecule has 14 heteroatoms. The van der Waals surface area contributed by atoms with Crippen LogP contribution in [0.25, 0.3) is 0 Å². The van der Waals surface area contributed by atoms with Crippen LogP contribution in [-0.4, -0.2) is 108 Å². The highest BCUT2D eigenvalue weighted by molar-refractivity contribution is 7.47. The molecule has 0 aromatic heterocycles. The van der Waals surface area contributed by atoms with Gasteiger partial charge >= 0.3 is 7.82 Å². The Labute approximate surface area is 292 Å². The van der Waals surface area contributed by atoms with Gasteiger partial charge in [0.2, 0.25) is 5.91 Å². The number of hydrogen-bond donors (Lipinski definition) is 9. The van der Waals surface area contributed by atoms with E-state index in [2.05, 4.69) is 43.5 Å². The molecule has 0 heterocycles. The van der Waals surface area contributed by atoms with Crippen LogP contribution in [-0.2, 0) is 18.4 Å². The van der Waals surface area contributed by atoms with E-state index >= 15 is 0 Å². The standard InChI is InChI=1S/C35H64NO12P/c1-3-5-7-9-11-13-14-15-17-19-21-23-28(38)27(36-29(39)24-26(37)22-20-18-16-12-10-8-6-4-2)25-47-49(45,46)48-35-33(43)31(41)30(40)32(42)34(35)44/h10,12,14-15,21,23,26-28,30-35,37-38,40-44H,3-9,11,13,16-20,22,24-25H2,1-2H3,(H,36,39)(H,45,46)/b12-10-,15-14+,23-21+. The number of phosphoric ester groups is 1. The van der Waals surface area contributed by atoms with E-state index in [9.17, 15) is 50.0 Å². The smallest absolute Gasteiger partial charge is 0.393 e. The van der Waals surface area contributed by atoms with Gasteiger partial charge in [0.15, 0.2) is 0 Å². The third-order valence-corrected chi connectivity index (χ3v) is 9.43. The van der Waals surface area contributed by atoms with Crippen molar-refractivity contribution in [3.05, 3.63) is 36.5 Å². The Kier molecular flexibility index (Phi) is 24.5. The predicted molar refractivity (Wildman–Crippen MR) is 187 cm³/mol. The minimum Gasteiger partial charge on any atom is -0.393 e. The Bertz CT molecular complexity index is 995. The minimum atomic E-state index is -5.14. The van der Waals surface area contributed by atoms with Crippen molar-refractivity contribution in [1.82, 2.24) is 5.32 Å². The molecule has 0 spiro atoms. The maximum absolute atomic E-state index is 12.8. The van der Waals surface area contributed by atoms with Crippen LogP contribution in [0.3, 0.4) is 0 Å². The fourth-order valence-electron chi connectivity index (χ4n) is 5.35. The zero-order chi connectivity index (χ0) is 36.7. The molecule has 8 atom stereocenters. The second-order valence-electron chi connectivity index (χ2n) is 12.9. The first-order valence-electron chi connectivity index (χ1n) is 18.0. The van der Waals surface area contributed by atoms with E-state index in [1.165, 1.54) is 31.8 Å². The fourth-order valence-corrected chi connectivity index (χ4v) is 6.32. The second-order valence-corrected chi connectivity index (χ2v) is 14.3. The number of amides is 1. The highest BCUT2D eigenvalue weighted by Crippen LogP contribution is 2.47. The number of hydrogen-bond acceptors (Lipinski definition) is 11. The molecule has 0 radical (unpaired) electrons. The summed E-state index contributed by atoms with van der Waals surface area (Å²) in [4.78, 5) is 23.1. The van der Waals surface area contributed by atoms with Crippen molar-refractivity contribution in [1.29, 1.82) is 0 Å². The van der Waals surface area contributed by atoms with Gasteiger partial charge in [0, 0.05) is 0 Å². The highest BCUT2D eigenvalue weighted by Gasteiger charge is 2.51. The Balaban J connectivity index is 2.76. The lowest BCUT2D eigenvalue weighted by Crippen LogP contribution is -2.64. The van der Waals surface area contributed by atoms with Crippen LogP contribution in [0.4, 0.5) is 0 Å². The van der Waals surface area contributed by atoms with Gasteiger partial charge in [0.05, 0.1) is 31.3 Å². The van der Waals surface area contributed by atoms with E-state index in [1.807, 2.05) is 0 Å². The van der Waals surface area contributed by atoms with E-state index < -0.39 is 75.2 Å². The molecule has 9 N–H and O–H groups in total. The van der Waals surface area contributed by atoms with Crippen LogP contribution < -0.4 is 5.32 Å². The number of phosphoric acid groups is 1. The van der Waals surface area contributed by atoms with Gasteiger partial charge in [-0.05, 0) is 51.4 Å². The summed E-state index contributed by atoms with van der Waals surface area (Å²) < 4.78 is 22.6. The van der Waals surface area contributed by atoms with E-state index in [-0.39, 0.29) is 6.42 Å². The predicted octanol–water partition coefficient (Wildman–Crippen LogP) is 3.46. The maximum atomic E-state index is 12.8. The number of unbranched alkanes of at least 4 members (excludes halogenated alkanes) is 10. The summed E-state index contributed by atoms with van der Waals surface area (Å²) in [5.41, 5.74) is 0. The molecule has 1 rings (SSSR count). The molecule has 13 nitrogen and oxygen atoms in total. The molecule has 1 aliphatic rings. The van der Waals surface area contributed by atoms with Crippen LogP contribution in [0.2, 0.25) is 0 Å². The number of carbonyl (C=O) groups excluding carboxylic acids is 1. The van der Waals surface area contributed by atoms with Crippen molar-refractivity contribution in [2.24, 2.45) is 0 Å². The summed E-state index contributed by atoms with van der Waals surface area (Å²) in [7, 11) is -5.14. The van der Waals surface area contributed by atoms with E-state index in [0.717, 1.165) is 51.4 Å². The van der Waals surface area contributed by atoms with Crippen LogP contribution in [0.15, 0.2) is 36.5 Å². The lowest BCUT2D eigenvalue weighted by atomic mass is 9.85. The van der Waals surface area contributed by atoms with Crippen molar-refractivity contribution >= 4 is 13.7 Å². The highest BCUT2D eigenvalue weighted by atomic mass is 31.2. The SMILES string of the molecule is CCCC/C=C\CCCCC(O)CC(=O)NC(COP(=O)(O)OC1C(O)C(O)C(O)C(O)C1O)C(O)/C=C/CC/C=C/CCCCCCC. The zero-order valence-electron chi connectivity index (χ0n) is 29.3. The molecule has 0 aliphatic heterocycles. The lowest BCUT2D eigenvalue weighted by molar-refractivity contribution is -0.220. The molecule has 1 aliphatic carbocycles. The van der Waals surface area contributed by atoms with Gasteiger partial charge in [0.1, 0.15) is 36.6 Å². The van der Waals surface area contributed by atoms with Gasteiger partial charge in [-0.15, -0.1) is 0 Å².